The van der Waals surface area contributed by atoms with Gasteiger partial charge in [0.15, 0.2) is 11.3 Å². The Morgan fingerprint density at radius 2 is 1.61 bits per heavy atom. The van der Waals surface area contributed by atoms with Gasteiger partial charge < -0.3 is 0 Å². The topological polar surface area (TPSA) is 43.1 Å². The molecular weight excluding hydrogens is 422 g/mol. The van der Waals surface area contributed by atoms with Crippen LogP contribution in [0.4, 0.5) is 26.3 Å². The van der Waals surface area contributed by atoms with Crippen LogP contribution in [0.25, 0.3) is 16.9 Å². The molecule has 31 heavy (non-hydrogen) atoms. The Kier molecular flexibility index (Phi) is 4.89. The van der Waals surface area contributed by atoms with Gasteiger partial charge in [0.05, 0.1) is 16.8 Å². The fourth-order valence-corrected chi connectivity index (χ4v) is 2.83. The summed E-state index contributed by atoms with van der Waals surface area (Å²) in [7, 11) is 0. The van der Waals surface area contributed by atoms with E-state index >= 15 is 0 Å². The molecule has 10 heteroatoms. The monoisotopic (exact) mass is 432 g/mol. The number of rotatable bonds is 1. The highest BCUT2D eigenvalue weighted by molar-refractivity contribution is 5.68. The van der Waals surface area contributed by atoms with Crippen LogP contribution in [0.2, 0.25) is 0 Å². The molecule has 3 aromatic heterocycles. The first-order valence-corrected chi connectivity index (χ1v) is 8.67. The van der Waals surface area contributed by atoms with Gasteiger partial charge >= 0.3 is 12.4 Å². The summed E-state index contributed by atoms with van der Waals surface area (Å²) in [6, 6.07) is 6.69. The van der Waals surface area contributed by atoms with E-state index in [1.165, 1.54) is 6.20 Å². The minimum atomic E-state index is -4.79. The molecule has 0 atom stereocenters. The highest BCUT2D eigenvalue weighted by atomic mass is 19.4. The Bertz CT molecular complexity index is 1290. The van der Waals surface area contributed by atoms with Crippen molar-refractivity contribution in [2.24, 2.45) is 0 Å². The van der Waals surface area contributed by atoms with Crippen molar-refractivity contribution in [2.75, 3.05) is 0 Å². The van der Waals surface area contributed by atoms with Gasteiger partial charge in [-0.25, -0.2) is 9.97 Å². The minimum absolute atomic E-state index is 0.0410. The summed E-state index contributed by atoms with van der Waals surface area (Å²) in [4.78, 5) is 12.0. The molecule has 0 radical (unpaired) electrons. The van der Waals surface area contributed by atoms with Gasteiger partial charge in [-0.05, 0) is 30.2 Å². The quantitative estimate of drug-likeness (QED) is 0.306. The average Bonchev–Trinajstić information content (AvgIpc) is 3.13. The van der Waals surface area contributed by atoms with Gasteiger partial charge in [0, 0.05) is 29.7 Å². The molecule has 0 aliphatic carbocycles. The fraction of sp³-hybridized carbons (Fsp3) is 0.0952. The standard InChI is InChI=1S/C21H10F6N4/c22-20(23,24)15-6-4-14(5-7-15)18-16(21(25,26)27)11-31-12-29-17(19(31)30-18)8-3-13-2-1-9-28-10-13/h1-2,4-7,9-12H. The van der Waals surface area contributed by atoms with Crippen molar-refractivity contribution in [3.8, 4) is 23.1 Å². The van der Waals surface area contributed by atoms with Gasteiger partial charge in [-0.2, -0.15) is 26.3 Å². The van der Waals surface area contributed by atoms with E-state index in [0.717, 1.165) is 29.1 Å². The highest BCUT2D eigenvalue weighted by Gasteiger charge is 2.36. The first-order valence-electron chi connectivity index (χ1n) is 8.67. The Balaban J connectivity index is 1.86. The van der Waals surface area contributed by atoms with Crippen LogP contribution in [0.3, 0.4) is 0 Å². The number of aromatic nitrogens is 4. The Morgan fingerprint density at radius 1 is 0.871 bits per heavy atom. The third-order valence-electron chi connectivity index (χ3n) is 4.29. The van der Waals surface area contributed by atoms with E-state index < -0.39 is 29.2 Å². The third-order valence-corrected chi connectivity index (χ3v) is 4.29. The van der Waals surface area contributed by atoms with E-state index in [9.17, 15) is 26.3 Å². The van der Waals surface area contributed by atoms with Crippen LogP contribution < -0.4 is 0 Å². The molecule has 3 heterocycles. The van der Waals surface area contributed by atoms with E-state index in [1.807, 2.05) is 0 Å². The summed E-state index contributed by atoms with van der Waals surface area (Å²) in [5.74, 6) is 5.53. The summed E-state index contributed by atoms with van der Waals surface area (Å²) in [6.45, 7) is 0. The van der Waals surface area contributed by atoms with Gasteiger partial charge in [-0.15, -0.1) is 0 Å². The van der Waals surface area contributed by atoms with Gasteiger partial charge in [0.25, 0.3) is 0 Å². The molecule has 0 saturated heterocycles. The summed E-state index contributed by atoms with van der Waals surface area (Å²) in [6.07, 6.45) is -4.39. The first kappa shape index (κ1) is 20.4. The van der Waals surface area contributed by atoms with Crippen LogP contribution in [0.5, 0.6) is 0 Å². The first-order chi connectivity index (χ1) is 14.6. The minimum Gasteiger partial charge on any atom is -0.289 e. The number of fused-ring (bicyclic) bond motifs is 1. The molecule has 0 aliphatic rings. The maximum absolute atomic E-state index is 13.6. The van der Waals surface area contributed by atoms with Crippen LogP contribution in [0, 0.1) is 11.8 Å². The van der Waals surface area contributed by atoms with Crippen molar-refractivity contribution in [3.63, 3.8) is 0 Å². The number of hydrogen-bond acceptors (Lipinski definition) is 3. The van der Waals surface area contributed by atoms with Crippen LogP contribution in [0.1, 0.15) is 22.4 Å². The number of pyridine rings is 1. The molecule has 0 unspecified atom stereocenters. The average molecular weight is 432 g/mol. The predicted molar refractivity (Wildman–Crippen MR) is 98.6 cm³/mol. The lowest BCUT2D eigenvalue weighted by molar-refractivity contribution is -0.138. The molecule has 1 aromatic carbocycles. The van der Waals surface area contributed by atoms with Gasteiger partial charge in [0.1, 0.15) is 6.33 Å². The van der Waals surface area contributed by atoms with Gasteiger partial charge in [-0.1, -0.05) is 18.1 Å². The largest absolute Gasteiger partial charge is 0.419 e. The molecule has 4 aromatic rings. The number of nitrogens with zero attached hydrogens (tertiary/aromatic N) is 4. The van der Waals surface area contributed by atoms with E-state index in [-0.39, 0.29) is 16.9 Å². The van der Waals surface area contributed by atoms with Crippen LogP contribution >= 0.6 is 0 Å². The zero-order valence-corrected chi connectivity index (χ0v) is 15.3. The van der Waals surface area contributed by atoms with Gasteiger partial charge in [0.2, 0.25) is 0 Å². The second-order valence-electron chi connectivity index (χ2n) is 6.39. The number of halogens is 6. The third kappa shape index (κ3) is 4.21. The summed E-state index contributed by atoms with van der Waals surface area (Å²) < 4.78 is 80.4. The molecular formula is C21H10F6N4. The number of hydrogen-bond donors (Lipinski definition) is 0. The van der Waals surface area contributed by atoms with Crippen molar-refractivity contribution < 1.29 is 26.3 Å². The van der Waals surface area contributed by atoms with Gasteiger partial charge in [-0.3, -0.25) is 9.38 Å². The smallest absolute Gasteiger partial charge is 0.289 e. The maximum atomic E-state index is 13.6. The Labute approximate surface area is 171 Å². The van der Waals surface area contributed by atoms with E-state index in [2.05, 4.69) is 26.8 Å². The second-order valence-corrected chi connectivity index (χ2v) is 6.39. The second kappa shape index (κ2) is 7.43. The Morgan fingerprint density at radius 3 is 2.23 bits per heavy atom. The summed E-state index contributed by atoms with van der Waals surface area (Å²) >= 11 is 0. The van der Waals surface area contributed by atoms with Crippen molar-refractivity contribution in [1.82, 2.24) is 19.4 Å². The van der Waals surface area contributed by atoms with E-state index in [0.29, 0.717) is 17.7 Å². The van der Waals surface area contributed by atoms with Crippen molar-refractivity contribution in [1.29, 1.82) is 0 Å². The lowest BCUT2D eigenvalue weighted by Crippen LogP contribution is -2.11. The van der Waals surface area contributed by atoms with Crippen molar-refractivity contribution in [3.05, 3.63) is 83.7 Å². The Hall–Kier alpha value is -3.87. The molecule has 0 fully saturated rings. The van der Waals surface area contributed by atoms with Crippen LogP contribution in [-0.4, -0.2) is 19.4 Å². The normalized spacial score (nSPS) is 11.9. The van der Waals surface area contributed by atoms with E-state index in [1.54, 1.807) is 18.3 Å². The molecule has 0 aliphatic heterocycles. The molecule has 4 rings (SSSR count). The highest BCUT2D eigenvalue weighted by Crippen LogP contribution is 2.37. The van der Waals surface area contributed by atoms with Crippen LogP contribution in [0.15, 0.2) is 61.3 Å². The maximum Gasteiger partial charge on any atom is 0.419 e. The molecule has 4 nitrogen and oxygen atoms in total. The molecule has 0 amide bonds. The SMILES string of the molecule is FC(F)(F)c1ccc(-c2nc3c(C#Cc4cccnc4)ncn3cc2C(F)(F)F)cc1. The lowest BCUT2D eigenvalue weighted by Gasteiger charge is -2.14. The zero-order valence-electron chi connectivity index (χ0n) is 15.3. The number of alkyl halides is 6. The van der Waals surface area contributed by atoms with Crippen molar-refractivity contribution >= 4 is 5.65 Å². The molecule has 156 valence electrons. The summed E-state index contributed by atoms with van der Waals surface area (Å²) in [5.41, 5.74) is -1.99. The predicted octanol–water partition coefficient (Wildman–Crippen LogP) is 5.23. The van der Waals surface area contributed by atoms with Crippen molar-refractivity contribution in [2.45, 2.75) is 12.4 Å². The molecule has 0 spiro atoms. The fourth-order valence-electron chi connectivity index (χ4n) is 2.83. The number of benzene rings is 1. The molecule has 0 N–H and O–H groups in total. The molecule has 0 bridgehead atoms. The summed E-state index contributed by atoms with van der Waals surface area (Å²) in [5, 5.41) is 0. The zero-order chi connectivity index (χ0) is 22.2. The van der Waals surface area contributed by atoms with E-state index in [4.69, 9.17) is 0 Å². The molecule has 0 saturated carbocycles. The number of imidazole rings is 1. The van der Waals surface area contributed by atoms with Crippen LogP contribution in [-0.2, 0) is 12.4 Å². The lowest BCUT2D eigenvalue weighted by atomic mass is 10.0.